The van der Waals surface area contributed by atoms with Crippen LogP contribution in [0.5, 0.6) is 0 Å². The predicted molar refractivity (Wildman–Crippen MR) is 123 cm³/mol. The molecule has 7 nitrogen and oxygen atoms in total. The normalized spacial score (nSPS) is 11.2. The minimum absolute atomic E-state index is 0.161. The molecule has 8 heteroatoms. The molecule has 3 aromatic carbocycles. The summed E-state index contributed by atoms with van der Waals surface area (Å²) in [6, 6.07) is 20.9. The molecular weight excluding hydrogens is 424 g/mol. The van der Waals surface area contributed by atoms with Gasteiger partial charge in [0.15, 0.2) is 0 Å². The molecule has 0 unspecified atom stereocenters. The van der Waals surface area contributed by atoms with E-state index in [9.17, 15) is 13.2 Å². The Hall–Kier alpha value is -3.91. The van der Waals surface area contributed by atoms with Crippen LogP contribution in [0.1, 0.15) is 21.5 Å². The van der Waals surface area contributed by atoms with Crippen LogP contribution in [-0.4, -0.2) is 23.9 Å². The number of sulfonamides is 1. The third-order valence-corrected chi connectivity index (χ3v) is 6.45. The van der Waals surface area contributed by atoms with Gasteiger partial charge in [-0.1, -0.05) is 36.4 Å². The van der Waals surface area contributed by atoms with Gasteiger partial charge in [-0.3, -0.25) is 9.52 Å². The van der Waals surface area contributed by atoms with E-state index in [2.05, 4.69) is 15.0 Å². The molecule has 0 fully saturated rings. The molecule has 4 rings (SSSR count). The van der Waals surface area contributed by atoms with Crippen molar-refractivity contribution in [2.45, 2.75) is 18.4 Å². The molecule has 0 spiro atoms. The summed E-state index contributed by atoms with van der Waals surface area (Å²) >= 11 is 0. The maximum absolute atomic E-state index is 12.8. The van der Waals surface area contributed by atoms with Crippen LogP contribution in [0, 0.1) is 6.92 Å². The Balaban J connectivity index is 1.45. The van der Waals surface area contributed by atoms with Gasteiger partial charge >= 0.3 is 0 Å². The predicted octanol–water partition coefficient (Wildman–Crippen LogP) is 3.91. The highest BCUT2D eigenvalue weighted by molar-refractivity contribution is 7.92. The smallest absolute Gasteiger partial charge is 0.261 e. The molecular formula is C24H22N4O3S. The summed E-state index contributed by atoms with van der Waals surface area (Å²) in [5, 5.41) is 2.90. The van der Waals surface area contributed by atoms with Crippen molar-refractivity contribution in [1.82, 2.24) is 14.9 Å². The van der Waals surface area contributed by atoms with Crippen LogP contribution >= 0.6 is 0 Å². The Bertz CT molecular complexity index is 1320. The summed E-state index contributed by atoms with van der Waals surface area (Å²) in [4.78, 5) is 17.0. The van der Waals surface area contributed by atoms with Gasteiger partial charge in [0.05, 0.1) is 16.9 Å². The molecule has 0 aliphatic heterocycles. The third-order valence-electron chi connectivity index (χ3n) is 5.07. The quantitative estimate of drug-likeness (QED) is 0.450. The van der Waals surface area contributed by atoms with E-state index < -0.39 is 10.0 Å². The van der Waals surface area contributed by atoms with E-state index in [1.165, 1.54) is 12.1 Å². The number of benzene rings is 3. The number of carbonyl (C=O) groups excluding carboxylic acids is 1. The molecule has 0 saturated heterocycles. The zero-order chi connectivity index (χ0) is 22.6. The van der Waals surface area contributed by atoms with E-state index in [1.807, 2.05) is 35.0 Å². The minimum Gasteiger partial charge on any atom is -0.348 e. The fourth-order valence-electron chi connectivity index (χ4n) is 3.27. The first kappa shape index (κ1) is 21.3. The van der Waals surface area contributed by atoms with E-state index in [0.29, 0.717) is 23.4 Å². The molecule has 4 aromatic rings. The standard InChI is InChI=1S/C24H22N4O3S/c1-18-22(8-5-9-23(18)27-32(30,31)21-6-3-2-4-7-21)24(29)26-16-19-10-12-20(13-11-19)28-15-14-25-17-28/h2-15,17,27H,16H2,1H3,(H,26,29). The molecule has 1 aromatic heterocycles. The third kappa shape index (κ3) is 4.70. The van der Waals surface area contributed by atoms with Crippen LogP contribution in [-0.2, 0) is 16.6 Å². The van der Waals surface area contributed by atoms with E-state index in [4.69, 9.17) is 0 Å². The highest BCUT2D eigenvalue weighted by atomic mass is 32.2. The van der Waals surface area contributed by atoms with Crippen molar-refractivity contribution in [2.75, 3.05) is 4.72 Å². The molecule has 1 heterocycles. The average molecular weight is 447 g/mol. The van der Waals surface area contributed by atoms with E-state index in [-0.39, 0.29) is 10.8 Å². The summed E-state index contributed by atoms with van der Waals surface area (Å²) in [6.07, 6.45) is 5.29. The average Bonchev–Trinajstić information content (AvgIpc) is 3.35. The van der Waals surface area contributed by atoms with E-state index >= 15 is 0 Å². The van der Waals surface area contributed by atoms with Gasteiger partial charge in [0.1, 0.15) is 0 Å². The Kier molecular flexibility index (Phi) is 6.04. The van der Waals surface area contributed by atoms with Gasteiger partial charge < -0.3 is 9.88 Å². The molecule has 0 bridgehead atoms. The van der Waals surface area contributed by atoms with Crippen molar-refractivity contribution in [3.05, 3.63) is 108 Å². The van der Waals surface area contributed by atoms with E-state index in [0.717, 1.165) is 11.3 Å². The first-order valence-corrected chi connectivity index (χ1v) is 11.5. The van der Waals surface area contributed by atoms with Crippen LogP contribution in [0.3, 0.4) is 0 Å². The maximum Gasteiger partial charge on any atom is 0.261 e. The second-order valence-electron chi connectivity index (χ2n) is 7.22. The van der Waals surface area contributed by atoms with Gasteiger partial charge in [-0.15, -0.1) is 0 Å². The van der Waals surface area contributed by atoms with Gasteiger partial charge in [0.25, 0.3) is 15.9 Å². The van der Waals surface area contributed by atoms with Gasteiger partial charge in [-0.2, -0.15) is 0 Å². The number of carbonyl (C=O) groups is 1. The number of hydrogen-bond acceptors (Lipinski definition) is 4. The lowest BCUT2D eigenvalue weighted by Crippen LogP contribution is -2.24. The number of rotatable bonds is 7. The van der Waals surface area contributed by atoms with Gasteiger partial charge in [0.2, 0.25) is 0 Å². The fourth-order valence-corrected chi connectivity index (χ4v) is 4.41. The van der Waals surface area contributed by atoms with Crippen molar-refractivity contribution in [2.24, 2.45) is 0 Å². The SMILES string of the molecule is Cc1c(NS(=O)(=O)c2ccccc2)cccc1C(=O)NCc1ccc(-n2ccnc2)cc1. The van der Waals surface area contributed by atoms with Gasteiger partial charge in [-0.05, 0) is 54.4 Å². The highest BCUT2D eigenvalue weighted by Crippen LogP contribution is 2.22. The number of amides is 1. The van der Waals surface area contributed by atoms with Crippen LogP contribution in [0.25, 0.3) is 5.69 Å². The molecule has 0 saturated carbocycles. The maximum atomic E-state index is 12.8. The molecule has 0 atom stereocenters. The monoisotopic (exact) mass is 446 g/mol. The highest BCUT2D eigenvalue weighted by Gasteiger charge is 2.17. The van der Waals surface area contributed by atoms with E-state index in [1.54, 1.807) is 55.8 Å². The lowest BCUT2D eigenvalue weighted by molar-refractivity contribution is 0.0950. The minimum atomic E-state index is -3.74. The van der Waals surface area contributed by atoms with Crippen molar-refractivity contribution < 1.29 is 13.2 Å². The van der Waals surface area contributed by atoms with Gasteiger partial charge in [-0.25, -0.2) is 13.4 Å². The first-order valence-electron chi connectivity index (χ1n) is 9.97. The number of nitrogens with zero attached hydrogens (tertiary/aromatic N) is 2. The number of imidazole rings is 1. The Labute approximate surface area is 186 Å². The second-order valence-corrected chi connectivity index (χ2v) is 8.90. The molecule has 1 amide bonds. The van der Waals surface area contributed by atoms with Crippen molar-refractivity contribution in [3.8, 4) is 5.69 Å². The Morgan fingerprint density at radius 3 is 2.41 bits per heavy atom. The van der Waals surface area contributed by atoms with Gasteiger partial charge in [0, 0.05) is 30.2 Å². The number of anilines is 1. The zero-order valence-electron chi connectivity index (χ0n) is 17.4. The first-order chi connectivity index (χ1) is 15.4. The largest absolute Gasteiger partial charge is 0.348 e. The zero-order valence-corrected chi connectivity index (χ0v) is 18.2. The second kappa shape index (κ2) is 9.07. The Morgan fingerprint density at radius 1 is 0.969 bits per heavy atom. The van der Waals surface area contributed by atoms with Crippen molar-refractivity contribution >= 4 is 21.6 Å². The molecule has 2 N–H and O–H groups in total. The molecule has 32 heavy (non-hydrogen) atoms. The van der Waals surface area contributed by atoms with Crippen LogP contribution < -0.4 is 10.0 Å². The summed E-state index contributed by atoms with van der Waals surface area (Å²) < 4.78 is 29.8. The summed E-state index contributed by atoms with van der Waals surface area (Å²) in [5.41, 5.74) is 3.26. The van der Waals surface area contributed by atoms with Crippen LogP contribution in [0.4, 0.5) is 5.69 Å². The molecule has 0 aliphatic rings. The summed E-state index contributed by atoms with van der Waals surface area (Å²) in [5.74, 6) is -0.276. The van der Waals surface area contributed by atoms with Crippen LogP contribution in [0.2, 0.25) is 0 Å². The Morgan fingerprint density at radius 2 is 1.72 bits per heavy atom. The van der Waals surface area contributed by atoms with Crippen LogP contribution in [0.15, 0.2) is 96.4 Å². The molecule has 0 radical (unpaired) electrons. The summed E-state index contributed by atoms with van der Waals surface area (Å²) in [7, 11) is -3.74. The lowest BCUT2D eigenvalue weighted by atomic mass is 10.1. The topological polar surface area (TPSA) is 93.1 Å². The number of nitrogens with one attached hydrogen (secondary N) is 2. The van der Waals surface area contributed by atoms with Crippen molar-refractivity contribution in [1.29, 1.82) is 0 Å². The number of aromatic nitrogens is 2. The number of hydrogen-bond donors (Lipinski definition) is 2. The lowest BCUT2D eigenvalue weighted by Gasteiger charge is -2.14. The van der Waals surface area contributed by atoms with Crippen molar-refractivity contribution in [3.63, 3.8) is 0 Å². The summed E-state index contributed by atoms with van der Waals surface area (Å²) in [6.45, 7) is 2.07. The fraction of sp³-hybridized carbons (Fsp3) is 0.0833. The molecule has 0 aliphatic carbocycles. The molecule has 162 valence electrons.